The van der Waals surface area contributed by atoms with Crippen LogP contribution in [0.15, 0.2) is 89.9 Å². The van der Waals surface area contributed by atoms with E-state index in [0.717, 1.165) is 47.0 Å². The lowest BCUT2D eigenvalue weighted by Crippen LogP contribution is -2.06. The van der Waals surface area contributed by atoms with Crippen LogP contribution in [0.25, 0.3) is 0 Å². The average Bonchev–Trinajstić information content (AvgIpc) is 2.86. The largest absolute Gasteiger partial charge is 0.251 e. The zero-order chi connectivity index (χ0) is 26.2. The van der Waals surface area contributed by atoms with Gasteiger partial charge in [0.25, 0.3) is 0 Å². The maximum absolute atomic E-state index is 5.08. The molecule has 0 aliphatic carbocycles. The van der Waals surface area contributed by atoms with Gasteiger partial charge in [-0.2, -0.15) is 0 Å². The van der Waals surface area contributed by atoms with Crippen LogP contribution in [0, 0.1) is 0 Å². The van der Waals surface area contributed by atoms with Crippen LogP contribution in [-0.4, -0.2) is 16.4 Å². The second kappa shape index (κ2) is 12.4. The van der Waals surface area contributed by atoms with Gasteiger partial charge in [0.1, 0.15) is 0 Å². The Morgan fingerprint density at radius 2 is 1.08 bits per heavy atom. The zero-order valence-electron chi connectivity index (χ0n) is 22.7. The van der Waals surface area contributed by atoms with Crippen molar-refractivity contribution in [2.24, 2.45) is 9.98 Å². The van der Waals surface area contributed by atoms with Gasteiger partial charge in [0.2, 0.25) is 0 Å². The van der Waals surface area contributed by atoms with E-state index in [1.807, 2.05) is 44.2 Å². The first-order valence-electron chi connectivity index (χ1n) is 12.8. The van der Waals surface area contributed by atoms with Gasteiger partial charge in [0.15, 0.2) is 0 Å². The molecule has 36 heavy (non-hydrogen) atoms. The summed E-state index contributed by atoms with van der Waals surface area (Å²) in [5.74, 6) is 0.751. The third-order valence-electron chi connectivity index (χ3n) is 6.32. The molecule has 0 bridgehead atoms. The fourth-order valence-electron chi connectivity index (χ4n) is 4.35. The predicted molar refractivity (Wildman–Crippen MR) is 157 cm³/mol. The van der Waals surface area contributed by atoms with Crippen molar-refractivity contribution in [2.45, 2.75) is 66.2 Å². The summed E-state index contributed by atoms with van der Waals surface area (Å²) in [6, 6.07) is 18.9. The molecule has 3 heteroatoms. The fourth-order valence-corrected chi connectivity index (χ4v) is 4.35. The summed E-state index contributed by atoms with van der Waals surface area (Å²) < 4.78 is 0. The number of rotatable bonds is 10. The molecule has 2 aromatic carbocycles. The number of nitrogens with zero attached hydrogens (tertiary/aromatic N) is 3. The monoisotopic (exact) mass is 477 g/mol. The van der Waals surface area contributed by atoms with Crippen LogP contribution in [-0.2, 0) is 12.8 Å². The van der Waals surface area contributed by atoms with E-state index in [9.17, 15) is 0 Å². The van der Waals surface area contributed by atoms with Crippen LogP contribution in [0.1, 0.15) is 87.0 Å². The number of aromatic nitrogens is 1. The van der Waals surface area contributed by atoms with Crippen molar-refractivity contribution in [1.82, 2.24) is 4.98 Å². The van der Waals surface area contributed by atoms with Crippen molar-refractivity contribution in [2.75, 3.05) is 0 Å². The molecule has 1 heterocycles. The minimum absolute atomic E-state index is 0.376. The Labute approximate surface area is 217 Å². The van der Waals surface area contributed by atoms with E-state index < -0.39 is 0 Å². The molecule has 0 aliphatic rings. The van der Waals surface area contributed by atoms with Gasteiger partial charge < -0.3 is 0 Å². The van der Waals surface area contributed by atoms with Crippen molar-refractivity contribution in [1.29, 1.82) is 0 Å². The fraction of sp³-hybridized carbons (Fsp3) is 0.303. The van der Waals surface area contributed by atoms with Crippen LogP contribution >= 0.6 is 0 Å². The van der Waals surface area contributed by atoms with E-state index in [2.05, 4.69) is 77.3 Å². The van der Waals surface area contributed by atoms with E-state index in [-0.39, 0.29) is 0 Å². The second-order valence-electron chi connectivity index (χ2n) is 9.81. The summed E-state index contributed by atoms with van der Waals surface area (Å²) in [6.45, 7) is 20.7. The molecule has 3 nitrogen and oxygen atoms in total. The molecule has 0 saturated carbocycles. The minimum atomic E-state index is 0.376. The first kappa shape index (κ1) is 27.0. The lowest BCUT2D eigenvalue weighted by atomic mass is 9.96. The van der Waals surface area contributed by atoms with Crippen LogP contribution in [0.3, 0.4) is 0 Å². The molecule has 0 radical (unpaired) electrons. The normalized spacial score (nSPS) is 12.3. The molecule has 0 aliphatic heterocycles. The predicted octanol–water partition coefficient (Wildman–Crippen LogP) is 9.07. The molecule has 186 valence electrons. The van der Waals surface area contributed by atoms with Crippen molar-refractivity contribution in [3.05, 3.63) is 114 Å². The summed E-state index contributed by atoms with van der Waals surface area (Å²) >= 11 is 0. The molecular weight excluding hydrogens is 438 g/mol. The van der Waals surface area contributed by atoms with Crippen molar-refractivity contribution >= 4 is 22.8 Å². The Kier molecular flexibility index (Phi) is 9.30. The molecule has 3 aromatic rings. The first-order chi connectivity index (χ1) is 17.3. The quantitative estimate of drug-likeness (QED) is 0.212. The molecule has 1 aromatic heterocycles. The minimum Gasteiger partial charge on any atom is -0.251 e. The number of allylic oxidation sites excluding steroid dienone is 2. The van der Waals surface area contributed by atoms with Gasteiger partial charge in [-0.05, 0) is 72.9 Å². The molecule has 0 amide bonds. The third kappa shape index (κ3) is 6.34. The summed E-state index contributed by atoms with van der Waals surface area (Å²) in [7, 11) is 0. The Hall–Kier alpha value is -3.59. The number of para-hydroxylation sites is 2. The number of benzene rings is 2. The van der Waals surface area contributed by atoms with E-state index in [1.54, 1.807) is 0 Å². The Morgan fingerprint density at radius 1 is 0.694 bits per heavy atom. The SMILES string of the molecule is C=CCc1cccc(C(C)C)c1N=C(C)c1cccc(C(C)=Nc2c(CC=C)cccc2C(C)C)n1. The molecular formula is C33H39N3. The highest BCUT2D eigenvalue weighted by Gasteiger charge is 2.14. The molecule has 0 N–H and O–H groups in total. The van der Waals surface area contributed by atoms with E-state index in [1.165, 1.54) is 22.3 Å². The maximum atomic E-state index is 5.08. The van der Waals surface area contributed by atoms with Gasteiger partial charge in [0.05, 0.1) is 34.2 Å². The van der Waals surface area contributed by atoms with E-state index in [0.29, 0.717) is 11.8 Å². The van der Waals surface area contributed by atoms with E-state index >= 15 is 0 Å². The lowest BCUT2D eigenvalue weighted by Gasteiger charge is -2.15. The molecule has 0 unspecified atom stereocenters. The summed E-state index contributed by atoms with van der Waals surface area (Å²) in [5.41, 5.74) is 10.4. The molecule has 0 saturated heterocycles. The Bertz CT molecular complexity index is 1200. The zero-order valence-corrected chi connectivity index (χ0v) is 22.7. The van der Waals surface area contributed by atoms with Crippen LogP contribution in [0.2, 0.25) is 0 Å². The Morgan fingerprint density at radius 3 is 1.44 bits per heavy atom. The van der Waals surface area contributed by atoms with Crippen LogP contribution < -0.4 is 0 Å². The van der Waals surface area contributed by atoms with Gasteiger partial charge in [-0.15, -0.1) is 13.2 Å². The van der Waals surface area contributed by atoms with Crippen molar-refractivity contribution in [3.63, 3.8) is 0 Å². The topological polar surface area (TPSA) is 37.6 Å². The number of aliphatic imine (C=N–C) groups is 2. The van der Waals surface area contributed by atoms with Gasteiger partial charge in [-0.3, -0.25) is 9.98 Å². The van der Waals surface area contributed by atoms with Gasteiger partial charge >= 0.3 is 0 Å². The number of hydrogen-bond donors (Lipinski definition) is 0. The smallest absolute Gasteiger partial charge is 0.0849 e. The maximum Gasteiger partial charge on any atom is 0.0849 e. The summed E-state index contributed by atoms with van der Waals surface area (Å²) in [6.07, 6.45) is 5.44. The van der Waals surface area contributed by atoms with Crippen molar-refractivity contribution in [3.8, 4) is 0 Å². The Balaban J connectivity index is 2.06. The highest BCUT2D eigenvalue weighted by molar-refractivity contribution is 6.02. The molecule has 0 spiro atoms. The third-order valence-corrected chi connectivity index (χ3v) is 6.32. The standard InChI is InChI=1S/C33H39N3/c1-9-14-26-16-11-18-28(22(3)4)32(26)34-24(7)30-20-13-21-31(36-30)25(8)35-33-27(15-10-2)17-12-19-29(33)23(5)6/h9-13,16-23H,1-2,14-15H2,3-8H3. The van der Waals surface area contributed by atoms with Gasteiger partial charge in [0, 0.05) is 0 Å². The lowest BCUT2D eigenvalue weighted by molar-refractivity contribution is 0.864. The molecule has 0 fully saturated rings. The number of hydrogen-bond acceptors (Lipinski definition) is 3. The van der Waals surface area contributed by atoms with Crippen LogP contribution in [0.4, 0.5) is 11.4 Å². The first-order valence-corrected chi connectivity index (χ1v) is 12.8. The molecule has 0 atom stereocenters. The van der Waals surface area contributed by atoms with Crippen molar-refractivity contribution < 1.29 is 0 Å². The highest BCUT2D eigenvalue weighted by atomic mass is 14.8. The second-order valence-corrected chi connectivity index (χ2v) is 9.81. The number of pyridine rings is 1. The summed E-state index contributed by atoms with van der Waals surface area (Å²) in [5, 5.41) is 0. The van der Waals surface area contributed by atoms with Gasteiger partial charge in [-0.1, -0.05) is 82.3 Å². The van der Waals surface area contributed by atoms with Gasteiger partial charge in [-0.25, -0.2) is 4.98 Å². The van der Waals surface area contributed by atoms with E-state index in [4.69, 9.17) is 15.0 Å². The van der Waals surface area contributed by atoms with Crippen LogP contribution in [0.5, 0.6) is 0 Å². The summed E-state index contributed by atoms with van der Waals surface area (Å²) in [4.78, 5) is 15.1. The highest BCUT2D eigenvalue weighted by Crippen LogP contribution is 2.33. The average molecular weight is 478 g/mol. The molecule has 3 rings (SSSR count).